The molecule has 0 fully saturated rings. The summed E-state index contributed by atoms with van der Waals surface area (Å²) in [4.78, 5) is 13.4. The molecule has 0 aliphatic rings. The molecule has 0 bridgehead atoms. The molecule has 0 spiro atoms. The van der Waals surface area contributed by atoms with Gasteiger partial charge >= 0.3 is 0 Å². The first-order valence-corrected chi connectivity index (χ1v) is 4.52. The van der Waals surface area contributed by atoms with Crippen LogP contribution >= 0.6 is 0 Å². The van der Waals surface area contributed by atoms with E-state index in [4.69, 9.17) is 9.26 Å². The van der Waals surface area contributed by atoms with Crippen LogP contribution in [0.5, 0.6) is 5.75 Å². The lowest BCUT2D eigenvalue weighted by atomic mass is 10.1. The maximum atomic E-state index is 10.0. The highest BCUT2D eigenvalue weighted by atomic mass is 16.5. The van der Waals surface area contributed by atoms with Crippen molar-refractivity contribution in [2.75, 3.05) is 7.11 Å². The number of carbonyl (C=O) groups excluding carboxylic acids is 1. The maximum absolute atomic E-state index is 10.0. The van der Waals surface area contributed by atoms with Crippen LogP contribution in [0, 0.1) is 0 Å². The van der Waals surface area contributed by atoms with E-state index >= 15 is 0 Å². The minimum atomic E-state index is 0.202. The zero-order chi connectivity index (χ0) is 11.4. The minimum Gasteiger partial charge on any atom is -0.497 e. The van der Waals surface area contributed by atoms with Crippen molar-refractivity contribution >= 4 is 11.9 Å². The molecule has 0 unspecified atom stereocenters. The van der Waals surface area contributed by atoms with Gasteiger partial charge in [-0.3, -0.25) is 0 Å². The van der Waals surface area contributed by atoms with E-state index in [1.165, 1.54) is 6.08 Å². The first-order chi connectivity index (χ1) is 7.83. The third kappa shape index (κ3) is 1.99. The number of isocyanates is 1. The highest BCUT2D eigenvalue weighted by Gasteiger charge is 2.06. The fourth-order valence-corrected chi connectivity index (χ4v) is 1.28. The average Bonchev–Trinajstić information content (AvgIpc) is 2.78. The minimum absolute atomic E-state index is 0.202. The largest absolute Gasteiger partial charge is 0.497 e. The van der Waals surface area contributed by atoms with Crippen LogP contribution in [0.2, 0.25) is 0 Å². The van der Waals surface area contributed by atoms with E-state index in [1.54, 1.807) is 19.2 Å². The van der Waals surface area contributed by atoms with Gasteiger partial charge in [0.1, 0.15) is 5.75 Å². The summed E-state index contributed by atoms with van der Waals surface area (Å²) in [5, 5.41) is 3.59. The highest BCUT2D eigenvalue weighted by Crippen LogP contribution is 2.26. The van der Waals surface area contributed by atoms with Crippen LogP contribution in [0.3, 0.4) is 0 Å². The molecule has 2 rings (SSSR count). The number of nitrogens with zero attached hydrogens (tertiary/aromatic N) is 2. The summed E-state index contributed by atoms with van der Waals surface area (Å²) in [6, 6.07) is 8.86. The van der Waals surface area contributed by atoms with Crippen molar-refractivity contribution in [3.8, 4) is 17.1 Å². The molecule has 1 aromatic heterocycles. The van der Waals surface area contributed by atoms with Crippen molar-refractivity contribution in [3.05, 3.63) is 30.3 Å². The molecule has 2 aromatic rings. The second-order valence-corrected chi connectivity index (χ2v) is 2.98. The molecule has 16 heavy (non-hydrogen) atoms. The number of ether oxygens (including phenoxy) is 1. The summed E-state index contributed by atoms with van der Waals surface area (Å²) in [6.45, 7) is 0. The molecule has 5 heteroatoms. The van der Waals surface area contributed by atoms with Gasteiger partial charge in [0.2, 0.25) is 11.9 Å². The molecule has 0 amide bonds. The number of aliphatic imine (C=N–C) groups is 1. The Morgan fingerprint density at radius 2 is 2.31 bits per heavy atom. The molecular weight excluding hydrogens is 208 g/mol. The van der Waals surface area contributed by atoms with Crippen LogP contribution in [0.25, 0.3) is 11.3 Å². The molecule has 0 radical (unpaired) electrons. The van der Waals surface area contributed by atoms with Gasteiger partial charge in [-0.2, -0.15) is 0 Å². The molecule has 1 aromatic carbocycles. The second kappa shape index (κ2) is 4.42. The van der Waals surface area contributed by atoms with E-state index in [0.29, 0.717) is 11.5 Å². The number of methoxy groups -OCH3 is 1. The van der Waals surface area contributed by atoms with Crippen molar-refractivity contribution in [2.45, 2.75) is 0 Å². The Labute approximate surface area is 91.4 Å². The first kappa shape index (κ1) is 10.1. The zero-order valence-electron chi connectivity index (χ0n) is 8.51. The molecule has 0 saturated heterocycles. The molecule has 80 valence electrons. The van der Waals surface area contributed by atoms with E-state index in [2.05, 4.69) is 10.1 Å². The highest BCUT2D eigenvalue weighted by molar-refractivity contribution is 5.62. The lowest BCUT2D eigenvalue weighted by Crippen LogP contribution is -1.82. The van der Waals surface area contributed by atoms with Gasteiger partial charge in [-0.05, 0) is 12.1 Å². The maximum Gasteiger partial charge on any atom is 0.242 e. The predicted molar refractivity (Wildman–Crippen MR) is 56.3 cm³/mol. The molecule has 0 atom stereocenters. The van der Waals surface area contributed by atoms with Crippen molar-refractivity contribution in [1.29, 1.82) is 0 Å². The zero-order valence-corrected chi connectivity index (χ0v) is 8.51. The van der Waals surface area contributed by atoms with E-state index in [1.807, 2.05) is 18.2 Å². The molecular formula is C11H8N2O3. The molecule has 0 aliphatic heterocycles. The fraction of sp³-hybridized carbons (Fsp3) is 0.0909. The third-order valence-electron chi connectivity index (χ3n) is 2.01. The van der Waals surface area contributed by atoms with Gasteiger partial charge in [0.05, 0.1) is 7.11 Å². The number of benzene rings is 1. The van der Waals surface area contributed by atoms with Crippen LogP contribution in [0.15, 0.2) is 39.8 Å². The van der Waals surface area contributed by atoms with Gasteiger partial charge < -0.3 is 9.26 Å². The smallest absolute Gasteiger partial charge is 0.242 e. The Morgan fingerprint density at radius 3 is 3.06 bits per heavy atom. The van der Waals surface area contributed by atoms with E-state index in [0.717, 1.165) is 5.56 Å². The van der Waals surface area contributed by atoms with Crippen molar-refractivity contribution in [2.24, 2.45) is 4.99 Å². The number of aromatic nitrogens is 1. The summed E-state index contributed by atoms with van der Waals surface area (Å²) in [5.74, 6) is 1.44. The molecule has 0 N–H and O–H groups in total. The lowest BCUT2D eigenvalue weighted by Gasteiger charge is -2.00. The Kier molecular flexibility index (Phi) is 2.80. The van der Waals surface area contributed by atoms with Gasteiger partial charge in [-0.1, -0.05) is 17.3 Å². The standard InChI is InChI=1S/C11H8N2O3/c1-15-9-4-2-3-8(5-9)10-6-11(12-7-14)13-16-10/h2-6H,1H3. The predicted octanol–water partition coefficient (Wildman–Crippen LogP) is 2.32. The van der Waals surface area contributed by atoms with E-state index in [-0.39, 0.29) is 5.82 Å². The topological polar surface area (TPSA) is 64.7 Å². The fourth-order valence-electron chi connectivity index (χ4n) is 1.28. The monoisotopic (exact) mass is 216 g/mol. The SMILES string of the molecule is COc1cccc(-c2cc(N=C=O)no2)c1. The normalized spacial score (nSPS) is 9.56. The summed E-state index contributed by atoms with van der Waals surface area (Å²) >= 11 is 0. The Balaban J connectivity index is 2.38. The molecule has 0 aliphatic carbocycles. The number of hydrogen-bond acceptors (Lipinski definition) is 5. The third-order valence-corrected chi connectivity index (χ3v) is 2.01. The summed E-state index contributed by atoms with van der Waals surface area (Å²) < 4.78 is 10.1. The van der Waals surface area contributed by atoms with Gasteiger partial charge in [-0.15, -0.1) is 4.99 Å². The van der Waals surface area contributed by atoms with Gasteiger partial charge in [0.15, 0.2) is 5.76 Å². The van der Waals surface area contributed by atoms with Gasteiger partial charge in [0.25, 0.3) is 0 Å². The van der Waals surface area contributed by atoms with Crippen molar-refractivity contribution < 1.29 is 14.1 Å². The Bertz CT molecular complexity index is 542. The second-order valence-electron chi connectivity index (χ2n) is 2.98. The Hall–Kier alpha value is -2.39. The quantitative estimate of drug-likeness (QED) is 0.583. The van der Waals surface area contributed by atoms with Crippen LogP contribution < -0.4 is 4.74 Å². The number of rotatable bonds is 3. The van der Waals surface area contributed by atoms with Gasteiger partial charge in [-0.25, -0.2) is 4.79 Å². The molecule has 5 nitrogen and oxygen atoms in total. The van der Waals surface area contributed by atoms with Crippen LogP contribution in [0.4, 0.5) is 5.82 Å². The summed E-state index contributed by atoms with van der Waals surface area (Å²) in [5.41, 5.74) is 0.805. The van der Waals surface area contributed by atoms with E-state index in [9.17, 15) is 4.79 Å². The summed E-state index contributed by atoms with van der Waals surface area (Å²) in [6.07, 6.45) is 1.40. The molecule has 1 heterocycles. The van der Waals surface area contributed by atoms with Crippen molar-refractivity contribution in [3.63, 3.8) is 0 Å². The number of hydrogen-bond donors (Lipinski definition) is 0. The van der Waals surface area contributed by atoms with Crippen LogP contribution in [-0.4, -0.2) is 18.3 Å². The van der Waals surface area contributed by atoms with Crippen molar-refractivity contribution in [1.82, 2.24) is 5.16 Å². The van der Waals surface area contributed by atoms with E-state index < -0.39 is 0 Å². The average molecular weight is 216 g/mol. The Morgan fingerprint density at radius 1 is 1.44 bits per heavy atom. The lowest BCUT2D eigenvalue weighted by molar-refractivity contribution is 0.413. The first-order valence-electron chi connectivity index (χ1n) is 4.52. The summed E-state index contributed by atoms with van der Waals surface area (Å²) in [7, 11) is 1.58. The van der Waals surface area contributed by atoms with Gasteiger partial charge in [0, 0.05) is 11.6 Å². The van der Waals surface area contributed by atoms with Crippen LogP contribution in [0.1, 0.15) is 0 Å². The van der Waals surface area contributed by atoms with Crippen LogP contribution in [-0.2, 0) is 4.79 Å². The molecule has 0 saturated carbocycles.